The average Bonchev–Trinajstić information content (AvgIpc) is 3.85. The van der Waals surface area contributed by atoms with Crippen LogP contribution in [-0.2, 0) is 11.0 Å². The van der Waals surface area contributed by atoms with Crippen LogP contribution in [0.2, 0.25) is 0 Å². The molecule has 0 unspecified atom stereocenters. The number of hydrogen-bond acceptors (Lipinski definition) is 9. The predicted molar refractivity (Wildman–Crippen MR) is 174 cm³/mol. The highest BCUT2D eigenvalue weighted by Gasteiger charge is 2.45. The second kappa shape index (κ2) is 12.1. The number of hydrogen-bond donors (Lipinski definition) is 1. The lowest BCUT2D eigenvalue weighted by Crippen LogP contribution is -2.43. The minimum Gasteiger partial charge on any atom is -0.461 e. The van der Waals surface area contributed by atoms with Crippen molar-refractivity contribution in [1.29, 1.82) is 0 Å². The molecule has 9 nitrogen and oxygen atoms in total. The Balaban J connectivity index is 1.43. The zero-order chi connectivity index (χ0) is 34.0. The number of halogens is 5. The van der Waals surface area contributed by atoms with Crippen molar-refractivity contribution in [2.45, 2.75) is 56.8 Å². The lowest BCUT2D eigenvalue weighted by molar-refractivity contribution is -0.137. The van der Waals surface area contributed by atoms with Gasteiger partial charge in [0.1, 0.15) is 23.8 Å². The first kappa shape index (κ1) is 32.4. The van der Waals surface area contributed by atoms with E-state index < -0.39 is 28.9 Å². The van der Waals surface area contributed by atoms with Crippen LogP contribution in [-0.4, -0.2) is 81.6 Å². The van der Waals surface area contributed by atoms with Crippen LogP contribution in [0, 0.1) is 11.6 Å². The monoisotopic (exact) mass is 687 g/mol. The molecule has 3 fully saturated rings. The maximum Gasteiger partial charge on any atom is 0.417 e. The number of carbonyl (C=O) groups excluding carboxylic acids is 1. The SMILES string of the molecule is C=CC(=O)N1CC[C@@H](N(CC)c2nc(OCC34CCCN3CCC4)nc3c(F)c(-c4ccc(F)c5sc(N)nc45)c(C(F)(F)F)cc23)C1. The molecule has 1 atom stereocenters. The number of likely N-dealkylation sites (tertiary alicyclic amines) is 1. The van der Waals surface area contributed by atoms with Gasteiger partial charge in [0, 0.05) is 42.2 Å². The Kier molecular flexibility index (Phi) is 8.17. The highest BCUT2D eigenvalue weighted by atomic mass is 32.1. The number of ether oxygens (including phenoxy) is 1. The summed E-state index contributed by atoms with van der Waals surface area (Å²) in [5.41, 5.74) is 2.69. The van der Waals surface area contributed by atoms with Gasteiger partial charge in [0.2, 0.25) is 5.91 Å². The zero-order valence-corrected chi connectivity index (χ0v) is 27.1. The van der Waals surface area contributed by atoms with Gasteiger partial charge in [-0.2, -0.15) is 23.1 Å². The van der Waals surface area contributed by atoms with Crippen molar-refractivity contribution in [1.82, 2.24) is 24.8 Å². The van der Waals surface area contributed by atoms with Gasteiger partial charge in [-0.25, -0.2) is 13.8 Å². The number of amides is 1. The molecule has 2 aromatic heterocycles. The largest absolute Gasteiger partial charge is 0.461 e. The van der Waals surface area contributed by atoms with Gasteiger partial charge in [-0.3, -0.25) is 9.69 Å². The van der Waals surface area contributed by atoms with E-state index in [1.54, 1.807) is 9.80 Å². The third-order valence-electron chi connectivity index (χ3n) is 9.96. The number of rotatable bonds is 8. The Morgan fingerprint density at radius 1 is 1.17 bits per heavy atom. The molecule has 0 aliphatic carbocycles. The number of nitrogens with two attached hydrogens (primary N) is 1. The number of aromatic nitrogens is 3. The summed E-state index contributed by atoms with van der Waals surface area (Å²) < 4.78 is 82.5. The average molecular weight is 688 g/mol. The first-order valence-corrected chi connectivity index (χ1v) is 16.8. The topological polar surface area (TPSA) is 101 Å². The van der Waals surface area contributed by atoms with Crippen LogP contribution in [0.4, 0.5) is 32.9 Å². The van der Waals surface area contributed by atoms with E-state index >= 15 is 4.39 Å². The summed E-state index contributed by atoms with van der Waals surface area (Å²) in [4.78, 5) is 31.3. The van der Waals surface area contributed by atoms with Gasteiger partial charge in [0.25, 0.3) is 0 Å². The Bertz CT molecular complexity index is 1920. The lowest BCUT2D eigenvalue weighted by atomic mass is 9.95. The van der Waals surface area contributed by atoms with Crippen LogP contribution in [0.25, 0.3) is 32.2 Å². The highest BCUT2D eigenvalue weighted by Crippen LogP contribution is 2.46. The number of alkyl halides is 3. The second-order valence-electron chi connectivity index (χ2n) is 12.6. The predicted octanol–water partition coefficient (Wildman–Crippen LogP) is 6.41. The molecule has 3 aliphatic rings. The molecule has 2 N–H and O–H groups in total. The van der Waals surface area contributed by atoms with Crippen LogP contribution < -0.4 is 15.4 Å². The third kappa shape index (κ3) is 5.40. The van der Waals surface area contributed by atoms with Crippen LogP contribution in [0.1, 0.15) is 44.6 Å². The summed E-state index contributed by atoms with van der Waals surface area (Å²) in [6.45, 7) is 8.52. The van der Waals surface area contributed by atoms with E-state index in [1.165, 1.54) is 6.08 Å². The molecular formula is C33H34F5N7O2S. The van der Waals surface area contributed by atoms with Gasteiger partial charge in [0.15, 0.2) is 10.9 Å². The molecule has 5 heterocycles. The Morgan fingerprint density at radius 3 is 2.60 bits per heavy atom. The molecule has 0 spiro atoms. The molecule has 1 amide bonds. The Labute approximate surface area is 277 Å². The van der Waals surface area contributed by atoms with Crippen molar-refractivity contribution >= 4 is 49.3 Å². The fraction of sp³-hybridized carbons (Fsp3) is 0.455. The third-order valence-corrected chi connectivity index (χ3v) is 10.9. The number of nitrogens with zero attached hydrogens (tertiary/aromatic N) is 6. The molecule has 254 valence electrons. The first-order chi connectivity index (χ1) is 22.9. The standard InChI is InChI=1S/C33H34F5N7O2S/c1-3-23(46)43-14-9-18(16-43)45(4-2)29-20-15-21(33(36,37)38)24(19-7-8-22(34)28-27(19)40-30(39)48-28)25(35)26(20)41-31(42-29)47-17-32-10-5-12-44(32)13-6-11-32/h3,7-8,15,18H,1,4-6,9-14,16-17H2,2H3,(H2,39,40)/t18-/m1/s1. The van der Waals surface area contributed by atoms with Crippen LogP contribution >= 0.6 is 11.3 Å². The van der Waals surface area contributed by atoms with Crippen molar-refractivity contribution in [3.8, 4) is 17.1 Å². The summed E-state index contributed by atoms with van der Waals surface area (Å²) in [5.74, 6) is -2.18. The summed E-state index contributed by atoms with van der Waals surface area (Å²) in [5, 5.41) is -0.235. The summed E-state index contributed by atoms with van der Waals surface area (Å²) in [7, 11) is 0. The molecule has 0 bridgehead atoms. The van der Waals surface area contributed by atoms with Crippen molar-refractivity contribution in [3.63, 3.8) is 0 Å². The normalized spacial score (nSPS) is 19.4. The van der Waals surface area contributed by atoms with E-state index in [0.29, 0.717) is 19.5 Å². The molecule has 2 aromatic carbocycles. The first-order valence-electron chi connectivity index (χ1n) is 16.0. The second-order valence-corrected chi connectivity index (χ2v) is 13.6. The van der Waals surface area contributed by atoms with E-state index in [2.05, 4.69) is 26.4 Å². The Morgan fingerprint density at radius 2 is 1.92 bits per heavy atom. The van der Waals surface area contributed by atoms with E-state index in [1.807, 2.05) is 6.92 Å². The van der Waals surface area contributed by atoms with Gasteiger partial charge in [-0.1, -0.05) is 17.9 Å². The maximum atomic E-state index is 17.0. The number of fused-ring (bicyclic) bond motifs is 3. The number of thiazole rings is 1. The van der Waals surface area contributed by atoms with Gasteiger partial charge >= 0.3 is 12.2 Å². The number of nitrogen functional groups attached to an aromatic ring is 1. The molecule has 7 rings (SSSR count). The Hall–Kier alpha value is -4.11. The van der Waals surface area contributed by atoms with Crippen molar-refractivity contribution < 1.29 is 31.5 Å². The number of likely N-dealkylation sites (N-methyl/N-ethyl adjacent to an activating group) is 1. The number of benzene rings is 2. The van der Waals surface area contributed by atoms with Gasteiger partial charge in [0.05, 0.1) is 21.3 Å². The summed E-state index contributed by atoms with van der Waals surface area (Å²) in [6, 6.07) is 2.41. The highest BCUT2D eigenvalue weighted by molar-refractivity contribution is 7.22. The fourth-order valence-corrected chi connectivity index (χ4v) is 8.49. The molecule has 48 heavy (non-hydrogen) atoms. The minimum absolute atomic E-state index is 0.0701. The number of anilines is 2. The zero-order valence-electron chi connectivity index (χ0n) is 26.2. The van der Waals surface area contributed by atoms with Crippen LogP contribution in [0.5, 0.6) is 6.01 Å². The van der Waals surface area contributed by atoms with Crippen molar-refractivity contribution in [3.05, 3.63) is 48.1 Å². The fourth-order valence-electron chi connectivity index (χ4n) is 7.72. The van der Waals surface area contributed by atoms with Crippen molar-refractivity contribution in [2.24, 2.45) is 0 Å². The molecule has 4 aromatic rings. The number of carbonyl (C=O) groups is 1. The molecule has 15 heteroatoms. The van der Waals surface area contributed by atoms with Gasteiger partial charge in [-0.05, 0) is 76.4 Å². The van der Waals surface area contributed by atoms with Crippen molar-refractivity contribution in [2.75, 3.05) is 50.0 Å². The van der Waals surface area contributed by atoms with E-state index in [-0.39, 0.29) is 74.3 Å². The molecule has 3 aliphatic heterocycles. The molecule has 0 radical (unpaired) electrons. The smallest absolute Gasteiger partial charge is 0.417 e. The quantitative estimate of drug-likeness (QED) is 0.168. The van der Waals surface area contributed by atoms with Crippen LogP contribution in [0.3, 0.4) is 0 Å². The van der Waals surface area contributed by atoms with Crippen LogP contribution in [0.15, 0.2) is 30.9 Å². The lowest BCUT2D eigenvalue weighted by Gasteiger charge is -2.32. The molecular weight excluding hydrogens is 653 g/mol. The summed E-state index contributed by atoms with van der Waals surface area (Å²) in [6.07, 6.45) is 0.591. The van der Waals surface area contributed by atoms with E-state index in [4.69, 9.17) is 10.5 Å². The maximum absolute atomic E-state index is 17.0. The molecule has 0 saturated carbocycles. The van der Waals surface area contributed by atoms with Gasteiger partial charge < -0.3 is 20.3 Å². The van der Waals surface area contributed by atoms with E-state index in [0.717, 1.165) is 68.3 Å². The minimum atomic E-state index is -5.02. The summed E-state index contributed by atoms with van der Waals surface area (Å²) >= 11 is 0.763. The van der Waals surface area contributed by atoms with Gasteiger partial charge in [-0.15, -0.1) is 0 Å². The molecule has 3 saturated heterocycles. The van der Waals surface area contributed by atoms with E-state index in [9.17, 15) is 22.4 Å².